The molecule has 8 heteroatoms. The van der Waals surface area contributed by atoms with Gasteiger partial charge in [-0.2, -0.15) is 0 Å². The van der Waals surface area contributed by atoms with Crippen LogP contribution in [0.4, 0.5) is 17.3 Å². The van der Waals surface area contributed by atoms with Gasteiger partial charge in [-0.1, -0.05) is 26.0 Å². The first kappa shape index (κ1) is 23.9. The fraction of sp³-hybridized carbons (Fsp3) is 0.593. The lowest BCUT2D eigenvalue weighted by Crippen LogP contribution is -2.66. The molecule has 0 radical (unpaired) electrons. The minimum absolute atomic E-state index is 0.115. The van der Waals surface area contributed by atoms with E-state index in [4.69, 9.17) is 0 Å². The Morgan fingerprint density at radius 3 is 2.37 bits per heavy atom. The molecule has 0 saturated carbocycles. The first-order chi connectivity index (χ1) is 16.8. The van der Waals surface area contributed by atoms with Crippen LogP contribution in [0.25, 0.3) is 0 Å². The molecule has 1 aromatic carbocycles. The quantitative estimate of drug-likeness (QED) is 0.685. The third-order valence-electron chi connectivity index (χ3n) is 8.10. The molecule has 1 spiro atoms. The number of benzene rings is 1. The van der Waals surface area contributed by atoms with Crippen molar-refractivity contribution in [2.75, 3.05) is 61.4 Å². The zero-order valence-corrected chi connectivity index (χ0v) is 21.4. The molecule has 5 rings (SSSR count). The SMILES string of the molecule is CNc1cc(N2CCC3(CC2)CN(c2ccc(CN4CCC(C)(C)CC4)cc2)CC(=O)N3)ncn1. The smallest absolute Gasteiger partial charge is 0.240 e. The normalized spacial score (nSPS) is 22.2. The Balaban J connectivity index is 1.20. The first-order valence-electron chi connectivity index (χ1n) is 13.0. The highest BCUT2D eigenvalue weighted by Gasteiger charge is 2.41. The number of aromatic nitrogens is 2. The number of likely N-dealkylation sites (tertiary alicyclic amines) is 1. The van der Waals surface area contributed by atoms with Crippen molar-refractivity contribution in [1.82, 2.24) is 20.2 Å². The number of anilines is 3. The van der Waals surface area contributed by atoms with Gasteiger partial charge in [0.1, 0.15) is 18.0 Å². The Hall–Kier alpha value is -2.87. The maximum atomic E-state index is 12.7. The van der Waals surface area contributed by atoms with Gasteiger partial charge in [0.2, 0.25) is 5.91 Å². The lowest BCUT2D eigenvalue weighted by Gasteiger charge is -2.48. The number of hydrogen-bond acceptors (Lipinski definition) is 7. The van der Waals surface area contributed by atoms with Crippen molar-refractivity contribution >= 4 is 23.2 Å². The summed E-state index contributed by atoms with van der Waals surface area (Å²) in [4.78, 5) is 28.5. The molecule has 3 aliphatic heterocycles. The van der Waals surface area contributed by atoms with Gasteiger partial charge in [0.15, 0.2) is 0 Å². The van der Waals surface area contributed by atoms with E-state index in [0.29, 0.717) is 12.0 Å². The van der Waals surface area contributed by atoms with E-state index in [9.17, 15) is 4.79 Å². The monoisotopic (exact) mass is 477 g/mol. The van der Waals surface area contributed by atoms with Gasteiger partial charge in [0, 0.05) is 45.0 Å². The zero-order valence-electron chi connectivity index (χ0n) is 21.4. The second kappa shape index (κ2) is 9.64. The largest absolute Gasteiger partial charge is 0.373 e. The molecule has 3 aliphatic rings. The van der Waals surface area contributed by atoms with Gasteiger partial charge in [-0.15, -0.1) is 0 Å². The number of carbonyl (C=O) groups excluding carboxylic acids is 1. The van der Waals surface area contributed by atoms with Gasteiger partial charge in [-0.05, 0) is 61.9 Å². The fourth-order valence-corrected chi connectivity index (χ4v) is 5.64. The summed E-state index contributed by atoms with van der Waals surface area (Å²) >= 11 is 0. The Morgan fingerprint density at radius 1 is 0.971 bits per heavy atom. The van der Waals surface area contributed by atoms with Crippen LogP contribution < -0.4 is 20.4 Å². The Morgan fingerprint density at radius 2 is 1.69 bits per heavy atom. The molecule has 1 aromatic heterocycles. The van der Waals surface area contributed by atoms with Crippen LogP contribution in [0.15, 0.2) is 36.7 Å². The highest BCUT2D eigenvalue weighted by molar-refractivity contribution is 5.84. The van der Waals surface area contributed by atoms with Crippen molar-refractivity contribution in [3.8, 4) is 0 Å². The van der Waals surface area contributed by atoms with E-state index in [0.717, 1.165) is 56.3 Å². The molecule has 0 aliphatic carbocycles. The minimum Gasteiger partial charge on any atom is -0.373 e. The van der Waals surface area contributed by atoms with Crippen molar-refractivity contribution < 1.29 is 4.79 Å². The average Bonchev–Trinajstić information content (AvgIpc) is 2.86. The van der Waals surface area contributed by atoms with Crippen LogP contribution in [0.3, 0.4) is 0 Å². The maximum Gasteiger partial charge on any atom is 0.240 e. The molecule has 1 amide bonds. The highest BCUT2D eigenvalue weighted by atomic mass is 16.2. The van der Waals surface area contributed by atoms with Gasteiger partial charge >= 0.3 is 0 Å². The van der Waals surface area contributed by atoms with Crippen LogP contribution in [0, 0.1) is 5.41 Å². The van der Waals surface area contributed by atoms with Crippen LogP contribution >= 0.6 is 0 Å². The topological polar surface area (TPSA) is 76.6 Å². The van der Waals surface area contributed by atoms with Crippen molar-refractivity contribution in [2.24, 2.45) is 5.41 Å². The molecule has 35 heavy (non-hydrogen) atoms. The predicted octanol–water partition coefficient (Wildman–Crippen LogP) is 3.12. The van der Waals surface area contributed by atoms with E-state index >= 15 is 0 Å². The highest BCUT2D eigenvalue weighted by Crippen LogP contribution is 2.32. The van der Waals surface area contributed by atoms with Crippen molar-refractivity contribution in [3.63, 3.8) is 0 Å². The van der Waals surface area contributed by atoms with E-state index in [1.165, 1.54) is 31.5 Å². The molecule has 0 atom stereocenters. The summed E-state index contributed by atoms with van der Waals surface area (Å²) in [5.41, 5.74) is 2.78. The van der Waals surface area contributed by atoms with Crippen molar-refractivity contribution in [3.05, 3.63) is 42.2 Å². The van der Waals surface area contributed by atoms with E-state index in [2.05, 4.69) is 73.4 Å². The van der Waals surface area contributed by atoms with Gasteiger partial charge in [-0.3, -0.25) is 9.69 Å². The van der Waals surface area contributed by atoms with Crippen LogP contribution in [0.5, 0.6) is 0 Å². The zero-order chi connectivity index (χ0) is 24.5. The number of hydrogen-bond donors (Lipinski definition) is 2. The second-order valence-corrected chi connectivity index (χ2v) is 11.3. The van der Waals surface area contributed by atoms with Gasteiger partial charge in [0.05, 0.1) is 12.1 Å². The molecule has 8 nitrogen and oxygen atoms in total. The summed E-state index contributed by atoms with van der Waals surface area (Å²) in [5, 5.41) is 6.42. The number of rotatable bonds is 5. The molecule has 2 N–H and O–H groups in total. The summed E-state index contributed by atoms with van der Waals surface area (Å²) in [6.45, 7) is 11.1. The molecule has 188 valence electrons. The first-order valence-corrected chi connectivity index (χ1v) is 13.0. The molecule has 0 bridgehead atoms. The predicted molar refractivity (Wildman–Crippen MR) is 141 cm³/mol. The molecular formula is C27H39N7O. The summed E-state index contributed by atoms with van der Waals surface area (Å²) in [6.07, 6.45) is 5.93. The molecule has 3 fully saturated rings. The number of amides is 1. The van der Waals surface area contributed by atoms with E-state index in [1.54, 1.807) is 6.33 Å². The second-order valence-electron chi connectivity index (χ2n) is 11.3. The van der Waals surface area contributed by atoms with Gasteiger partial charge in [-0.25, -0.2) is 9.97 Å². The Labute approximate surface area is 209 Å². The lowest BCUT2D eigenvalue weighted by atomic mass is 9.82. The van der Waals surface area contributed by atoms with Crippen molar-refractivity contribution in [2.45, 2.75) is 51.6 Å². The summed E-state index contributed by atoms with van der Waals surface area (Å²) < 4.78 is 0. The van der Waals surface area contributed by atoms with Crippen LogP contribution in [0.2, 0.25) is 0 Å². The van der Waals surface area contributed by atoms with E-state index < -0.39 is 0 Å². The number of nitrogens with one attached hydrogen (secondary N) is 2. The average molecular weight is 478 g/mol. The van der Waals surface area contributed by atoms with Crippen LogP contribution in [-0.4, -0.2) is 72.6 Å². The standard InChI is InChI=1S/C27H39N7O/c1-26(2)8-12-32(13-9-26)17-21-4-6-22(7-5-21)34-18-25(35)31-27(19-34)10-14-33(15-11-27)24-16-23(28-3)29-20-30-24/h4-7,16,20H,8-15,17-19H2,1-3H3,(H,31,35)(H,28,29,30). The third-order valence-corrected chi connectivity index (χ3v) is 8.10. The maximum absolute atomic E-state index is 12.7. The van der Waals surface area contributed by atoms with Gasteiger partial charge in [0.25, 0.3) is 0 Å². The Bertz CT molecular complexity index is 1020. The number of carbonyl (C=O) groups is 1. The van der Waals surface area contributed by atoms with Gasteiger partial charge < -0.3 is 20.4 Å². The summed E-state index contributed by atoms with van der Waals surface area (Å²) in [5.74, 6) is 1.87. The number of piperidine rings is 2. The molecule has 4 heterocycles. The number of piperazine rings is 1. The van der Waals surface area contributed by atoms with E-state index in [-0.39, 0.29) is 11.4 Å². The summed E-state index contributed by atoms with van der Waals surface area (Å²) in [7, 11) is 1.87. The molecule has 2 aromatic rings. The summed E-state index contributed by atoms with van der Waals surface area (Å²) in [6, 6.07) is 10.9. The molecular weight excluding hydrogens is 438 g/mol. The van der Waals surface area contributed by atoms with Crippen LogP contribution in [-0.2, 0) is 11.3 Å². The van der Waals surface area contributed by atoms with Crippen molar-refractivity contribution in [1.29, 1.82) is 0 Å². The Kier molecular flexibility index (Phi) is 6.57. The molecule has 3 saturated heterocycles. The third kappa shape index (κ3) is 5.53. The molecule has 0 unspecified atom stereocenters. The number of nitrogens with zero attached hydrogens (tertiary/aromatic N) is 5. The van der Waals surface area contributed by atoms with E-state index in [1.807, 2.05) is 13.1 Å². The minimum atomic E-state index is -0.191. The lowest BCUT2D eigenvalue weighted by molar-refractivity contribution is -0.123. The fourth-order valence-electron chi connectivity index (χ4n) is 5.64. The van der Waals surface area contributed by atoms with Crippen LogP contribution in [0.1, 0.15) is 45.1 Å².